The first-order valence-corrected chi connectivity index (χ1v) is 11.7. The number of anilines is 1. The molecule has 1 fully saturated rings. The number of amides is 1. The molecule has 6 nitrogen and oxygen atoms in total. The van der Waals surface area contributed by atoms with E-state index in [0.29, 0.717) is 6.54 Å². The number of rotatable bonds is 5. The van der Waals surface area contributed by atoms with Gasteiger partial charge in [0.05, 0.1) is 5.69 Å². The molecule has 34 heavy (non-hydrogen) atoms. The van der Waals surface area contributed by atoms with Gasteiger partial charge in [0.15, 0.2) is 5.82 Å². The average Bonchev–Trinajstić information content (AvgIpc) is 3.30. The second kappa shape index (κ2) is 9.25. The Morgan fingerprint density at radius 2 is 1.82 bits per heavy atom. The Morgan fingerprint density at radius 3 is 2.56 bits per heavy atom. The van der Waals surface area contributed by atoms with E-state index >= 15 is 0 Å². The summed E-state index contributed by atoms with van der Waals surface area (Å²) in [5, 5.41) is 7.77. The average molecular weight is 458 g/mol. The van der Waals surface area contributed by atoms with E-state index in [1.807, 2.05) is 10.7 Å². The molecule has 0 aliphatic carbocycles. The normalized spacial score (nSPS) is 14.5. The van der Waals surface area contributed by atoms with Crippen molar-refractivity contribution in [3.8, 4) is 11.3 Å². The van der Waals surface area contributed by atoms with E-state index in [9.17, 15) is 9.18 Å². The number of halogens is 1. The van der Waals surface area contributed by atoms with Gasteiger partial charge in [-0.3, -0.25) is 4.79 Å². The van der Waals surface area contributed by atoms with Crippen molar-refractivity contribution in [1.29, 1.82) is 0 Å². The lowest BCUT2D eigenvalue weighted by molar-refractivity contribution is -0.125. The third-order valence-electron chi connectivity index (χ3n) is 6.72. The first-order chi connectivity index (χ1) is 16.5. The van der Waals surface area contributed by atoms with E-state index in [-0.39, 0.29) is 17.6 Å². The van der Waals surface area contributed by atoms with Crippen LogP contribution in [0.25, 0.3) is 16.8 Å². The Morgan fingerprint density at radius 1 is 1.06 bits per heavy atom. The van der Waals surface area contributed by atoms with Crippen LogP contribution in [0, 0.1) is 25.6 Å². The molecule has 0 bridgehead atoms. The zero-order valence-electron chi connectivity index (χ0n) is 19.5. The highest BCUT2D eigenvalue weighted by molar-refractivity contribution is 5.79. The van der Waals surface area contributed by atoms with Crippen molar-refractivity contribution in [3.05, 3.63) is 83.4 Å². The van der Waals surface area contributed by atoms with Crippen molar-refractivity contribution >= 4 is 17.2 Å². The van der Waals surface area contributed by atoms with Crippen molar-refractivity contribution in [2.75, 3.05) is 18.0 Å². The van der Waals surface area contributed by atoms with Crippen LogP contribution in [0.15, 0.2) is 60.9 Å². The number of aryl methyl sites for hydroxylation is 2. The van der Waals surface area contributed by atoms with Crippen LogP contribution in [0.1, 0.15) is 29.5 Å². The maximum absolute atomic E-state index is 13.1. The molecule has 1 N–H and O–H groups in total. The molecular formula is C27H28FN5O. The third-order valence-corrected chi connectivity index (χ3v) is 6.72. The highest BCUT2D eigenvalue weighted by Gasteiger charge is 2.26. The van der Waals surface area contributed by atoms with E-state index in [1.165, 1.54) is 23.3 Å². The molecule has 2 aromatic heterocycles. The monoisotopic (exact) mass is 457 g/mol. The number of fused-ring (bicyclic) bond motifs is 1. The van der Waals surface area contributed by atoms with Gasteiger partial charge in [0.2, 0.25) is 5.91 Å². The van der Waals surface area contributed by atoms with Gasteiger partial charge in [-0.1, -0.05) is 24.3 Å². The molecular weight excluding hydrogens is 429 g/mol. The zero-order chi connectivity index (χ0) is 23.7. The quantitative estimate of drug-likeness (QED) is 0.473. The second-order valence-corrected chi connectivity index (χ2v) is 9.01. The van der Waals surface area contributed by atoms with Crippen LogP contribution in [-0.2, 0) is 11.3 Å². The van der Waals surface area contributed by atoms with Crippen molar-refractivity contribution in [3.63, 3.8) is 0 Å². The molecule has 5 rings (SSSR count). The summed E-state index contributed by atoms with van der Waals surface area (Å²) >= 11 is 0. The van der Waals surface area contributed by atoms with E-state index in [4.69, 9.17) is 5.10 Å². The second-order valence-electron chi connectivity index (χ2n) is 9.01. The standard InChI is InChI=1S/C27H28FN5O/c1-18-3-6-22(15-19(18)2)24-16-25-26(29-11-14-33(25)31-24)32-12-9-21(10-13-32)27(34)30-17-20-4-7-23(28)8-5-20/h3-8,11,14-16,21H,9-10,12-13,17H2,1-2H3,(H,30,34). The summed E-state index contributed by atoms with van der Waals surface area (Å²) in [6.45, 7) is 6.15. The van der Waals surface area contributed by atoms with E-state index in [0.717, 1.165) is 54.1 Å². The predicted molar refractivity (Wildman–Crippen MR) is 131 cm³/mol. The smallest absolute Gasteiger partial charge is 0.223 e. The van der Waals surface area contributed by atoms with Crippen molar-refractivity contribution in [2.24, 2.45) is 5.92 Å². The van der Waals surface area contributed by atoms with Crippen molar-refractivity contribution < 1.29 is 9.18 Å². The molecule has 4 aromatic rings. The molecule has 2 aromatic carbocycles. The molecule has 0 spiro atoms. The first-order valence-electron chi connectivity index (χ1n) is 11.7. The Bertz CT molecular complexity index is 1320. The molecule has 0 atom stereocenters. The summed E-state index contributed by atoms with van der Waals surface area (Å²) in [6, 6.07) is 14.7. The minimum absolute atomic E-state index is 0.0348. The van der Waals surface area contributed by atoms with Crippen LogP contribution in [0.5, 0.6) is 0 Å². The maximum atomic E-state index is 13.1. The number of nitrogens with one attached hydrogen (secondary N) is 1. The molecule has 0 unspecified atom stereocenters. The van der Waals surface area contributed by atoms with Crippen LogP contribution in [0.3, 0.4) is 0 Å². The number of hydrogen-bond donors (Lipinski definition) is 1. The number of hydrogen-bond acceptors (Lipinski definition) is 4. The Labute approximate surface area is 198 Å². The van der Waals surface area contributed by atoms with Gasteiger partial charge in [-0.25, -0.2) is 13.9 Å². The van der Waals surface area contributed by atoms with E-state index in [2.05, 4.69) is 53.3 Å². The van der Waals surface area contributed by atoms with Crippen LogP contribution in [0.2, 0.25) is 0 Å². The number of carbonyl (C=O) groups is 1. The number of piperidine rings is 1. The van der Waals surface area contributed by atoms with Gasteiger partial charge in [-0.05, 0) is 67.6 Å². The summed E-state index contributed by atoms with van der Waals surface area (Å²) in [5.74, 6) is 0.643. The number of benzene rings is 2. The summed E-state index contributed by atoms with van der Waals surface area (Å²) in [7, 11) is 0. The van der Waals surface area contributed by atoms with Crippen LogP contribution >= 0.6 is 0 Å². The summed E-state index contributed by atoms with van der Waals surface area (Å²) in [4.78, 5) is 19.6. The van der Waals surface area contributed by atoms with Gasteiger partial charge >= 0.3 is 0 Å². The van der Waals surface area contributed by atoms with Gasteiger partial charge < -0.3 is 10.2 Å². The number of carbonyl (C=O) groups excluding carboxylic acids is 1. The fourth-order valence-corrected chi connectivity index (χ4v) is 4.48. The topological polar surface area (TPSA) is 62.5 Å². The molecule has 0 saturated carbocycles. The van der Waals surface area contributed by atoms with Crippen LogP contribution < -0.4 is 10.2 Å². The summed E-state index contributed by atoms with van der Waals surface area (Å²) < 4.78 is 14.9. The molecule has 1 aliphatic heterocycles. The Hall–Kier alpha value is -3.74. The number of aromatic nitrogens is 3. The van der Waals surface area contributed by atoms with Gasteiger partial charge in [-0.2, -0.15) is 5.10 Å². The molecule has 1 saturated heterocycles. The number of nitrogens with zero attached hydrogens (tertiary/aromatic N) is 4. The lowest BCUT2D eigenvalue weighted by atomic mass is 9.95. The molecule has 3 heterocycles. The maximum Gasteiger partial charge on any atom is 0.223 e. The third kappa shape index (κ3) is 4.51. The van der Waals surface area contributed by atoms with Gasteiger partial charge in [-0.15, -0.1) is 0 Å². The molecule has 7 heteroatoms. The fraction of sp³-hybridized carbons (Fsp3) is 0.296. The summed E-state index contributed by atoms with van der Waals surface area (Å²) in [6.07, 6.45) is 5.17. The predicted octanol–water partition coefficient (Wildman–Crippen LogP) is 4.69. The summed E-state index contributed by atoms with van der Waals surface area (Å²) in [5.41, 5.74) is 6.38. The fourth-order valence-electron chi connectivity index (χ4n) is 4.48. The van der Waals surface area contributed by atoms with Crippen LogP contribution in [-0.4, -0.2) is 33.6 Å². The van der Waals surface area contributed by atoms with E-state index in [1.54, 1.807) is 18.3 Å². The molecule has 1 amide bonds. The van der Waals surface area contributed by atoms with Gasteiger partial charge in [0, 0.05) is 43.5 Å². The first kappa shape index (κ1) is 22.1. The SMILES string of the molecule is Cc1ccc(-c2cc3c(N4CCC(C(=O)NCc5ccc(F)cc5)CC4)nccn3n2)cc1C. The highest BCUT2D eigenvalue weighted by Crippen LogP contribution is 2.29. The molecule has 1 aliphatic rings. The minimum Gasteiger partial charge on any atom is -0.355 e. The lowest BCUT2D eigenvalue weighted by Gasteiger charge is -2.32. The zero-order valence-corrected chi connectivity index (χ0v) is 19.5. The molecule has 174 valence electrons. The Balaban J connectivity index is 1.26. The van der Waals surface area contributed by atoms with Crippen LogP contribution in [0.4, 0.5) is 10.2 Å². The minimum atomic E-state index is -0.273. The Kier molecular flexibility index (Phi) is 6.01. The van der Waals surface area contributed by atoms with Crippen molar-refractivity contribution in [2.45, 2.75) is 33.2 Å². The van der Waals surface area contributed by atoms with Gasteiger partial charge in [0.25, 0.3) is 0 Å². The van der Waals surface area contributed by atoms with Gasteiger partial charge in [0.1, 0.15) is 11.3 Å². The largest absolute Gasteiger partial charge is 0.355 e. The van der Waals surface area contributed by atoms with Crippen molar-refractivity contribution in [1.82, 2.24) is 19.9 Å². The lowest BCUT2D eigenvalue weighted by Crippen LogP contribution is -2.40. The highest BCUT2D eigenvalue weighted by atomic mass is 19.1. The van der Waals surface area contributed by atoms with E-state index < -0.39 is 0 Å². The molecule has 0 radical (unpaired) electrons.